The molecule has 0 radical (unpaired) electrons. The van der Waals surface area contributed by atoms with Gasteiger partial charge in [0, 0.05) is 18.8 Å². The number of anilines is 1. The van der Waals surface area contributed by atoms with Gasteiger partial charge in [-0.1, -0.05) is 26.0 Å². The molecule has 0 aliphatic rings. The van der Waals surface area contributed by atoms with E-state index in [1.54, 1.807) is 13.8 Å². The minimum absolute atomic E-state index is 0.127. The maximum atomic E-state index is 13.5. The summed E-state index contributed by atoms with van der Waals surface area (Å²) in [5.41, 5.74) is 0.227. The minimum atomic E-state index is -3.57. The van der Waals surface area contributed by atoms with Gasteiger partial charge in [0.2, 0.25) is 15.9 Å². The van der Waals surface area contributed by atoms with Crippen molar-refractivity contribution >= 4 is 27.5 Å². The first-order valence-corrected chi connectivity index (χ1v) is 10.2. The average molecular weight is 407 g/mol. The molecular weight excluding hydrogens is 385 g/mol. The summed E-state index contributed by atoms with van der Waals surface area (Å²) < 4.78 is 39.7. The van der Waals surface area contributed by atoms with Crippen molar-refractivity contribution in [1.29, 1.82) is 0 Å². The number of rotatable bonds is 8. The number of amides is 2. The fourth-order valence-electron chi connectivity index (χ4n) is 2.53. The molecule has 0 atom stereocenters. The molecular formula is C19H22FN3O4S. The van der Waals surface area contributed by atoms with Crippen LogP contribution in [-0.4, -0.2) is 44.2 Å². The van der Waals surface area contributed by atoms with E-state index in [4.69, 9.17) is 0 Å². The van der Waals surface area contributed by atoms with E-state index in [0.717, 1.165) is 6.07 Å². The lowest BCUT2D eigenvalue weighted by atomic mass is 10.2. The van der Waals surface area contributed by atoms with Crippen molar-refractivity contribution in [3.63, 3.8) is 0 Å². The monoisotopic (exact) mass is 407 g/mol. The fraction of sp³-hybridized carbons (Fsp3) is 0.263. The molecule has 0 saturated carbocycles. The molecule has 0 aliphatic carbocycles. The number of hydrogen-bond donors (Lipinski definition) is 2. The van der Waals surface area contributed by atoms with Crippen LogP contribution in [0.2, 0.25) is 0 Å². The van der Waals surface area contributed by atoms with E-state index in [-0.39, 0.29) is 17.0 Å². The summed E-state index contributed by atoms with van der Waals surface area (Å²) >= 11 is 0. The molecule has 0 fully saturated rings. The normalized spacial score (nSPS) is 11.3. The highest BCUT2D eigenvalue weighted by atomic mass is 32.2. The second-order valence-electron chi connectivity index (χ2n) is 5.82. The second kappa shape index (κ2) is 9.43. The fourth-order valence-corrected chi connectivity index (χ4v) is 3.99. The summed E-state index contributed by atoms with van der Waals surface area (Å²) in [7, 11) is -3.57. The van der Waals surface area contributed by atoms with Gasteiger partial charge in [-0.25, -0.2) is 12.8 Å². The molecule has 2 aromatic rings. The van der Waals surface area contributed by atoms with E-state index < -0.39 is 27.7 Å². The van der Waals surface area contributed by atoms with Crippen molar-refractivity contribution in [2.24, 2.45) is 0 Å². The first-order chi connectivity index (χ1) is 13.3. The summed E-state index contributed by atoms with van der Waals surface area (Å²) in [6.45, 7) is 3.88. The van der Waals surface area contributed by atoms with Crippen molar-refractivity contribution in [3.8, 4) is 0 Å². The first-order valence-electron chi connectivity index (χ1n) is 8.72. The van der Waals surface area contributed by atoms with Crippen molar-refractivity contribution < 1.29 is 22.4 Å². The van der Waals surface area contributed by atoms with Gasteiger partial charge < -0.3 is 10.6 Å². The molecule has 2 aromatic carbocycles. The molecule has 0 bridgehead atoms. The maximum Gasteiger partial charge on any atom is 0.254 e. The van der Waals surface area contributed by atoms with Gasteiger partial charge in [0.1, 0.15) is 5.82 Å². The number of hydrogen-bond acceptors (Lipinski definition) is 4. The minimum Gasteiger partial charge on any atom is -0.343 e. The molecule has 0 aromatic heterocycles. The van der Waals surface area contributed by atoms with Crippen LogP contribution in [0.4, 0.5) is 10.1 Å². The van der Waals surface area contributed by atoms with Crippen molar-refractivity contribution in [3.05, 3.63) is 59.9 Å². The molecule has 28 heavy (non-hydrogen) atoms. The molecule has 0 heterocycles. The lowest BCUT2D eigenvalue weighted by molar-refractivity contribution is -0.115. The third-order valence-corrected chi connectivity index (χ3v) is 6.07. The van der Waals surface area contributed by atoms with Crippen molar-refractivity contribution in [2.45, 2.75) is 18.7 Å². The standard InChI is InChI=1S/C19H22FN3O4S/c1-3-23(4-2)28(26,27)15-11-9-14(10-12-15)22-18(24)13-21-19(25)16-7-5-6-8-17(16)20/h5-12H,3-4,13H2,1-2H3,(H,21,25)(H,22,24). The Balaban J connectivity index is 1.96. The predicted octanol–water partition coefficient (Wildman–Crippen LogP) is 2.22. The number of carbonyl (C=O) groups excluding carboxylic acids is 2. The highest BCUT2D eigenvalue weighted by Crippen LogP contribution is 2.18. The van der Waals surface area contributed by atoms with E-state index in [0.29, 0.717) is 18.8 Å². The lowest BCUT2D eigenvalue weighted by Crippen LogP contribution is -2.33. The highest BCUT2D eigenvalue weighted by molar-refractivity contribution is 7.89. The van der Waals surface area contributed by atoms with Gasteiger partial charge in [0.05, 0.1) is 17.0 Å². The SMILES string of the molecule is CCN(CC)S(=O)(=O)c1ccc(NC(=O)CNC(=O)c2ccccc2F)cc1. The molecule has 2 rings (SSSR count). The number of benzene rings is 2. The summed E-state index contributed by atoms with van der Waals surface area (Å²) in [6.07, 6.45) is 0. The lowest BCUT2D eigenvalue weighted by Gasteiger charge is -2.18. The van der Waals surface area contributed by atoms with Crippen LogP contribution >= 0.6 is 0 Å². The molecule has 0 spiro atoms. The molecule has 0 saturated heterocycles. The topological polar surface area (TPSA) is 95.6 Å². The Morgan fingerprint density at radius 3 is 2.18 bits per heavy atom. The van der Waals surface area contributed by atoms with Crippen LogP contribution < -0.4 is 10.6 Å². The second-order valence-corrected chi connectivity index (χ2v) is 7.76. The molecule has 150 valence electrons. The molecule has 0 unspecified atom stereocenters. The van der Waals surface area contributed by atoms with Gasteiger partial charge >= 0.3 is 0 Å². The van der Waals surface area contributed by atoms with Gasteiger partial charge in [-0.3, -0.25) is 9.59 Å². The highest BCUT2D eigenvalue weighted by Gasteiger charge is 2.21. The third kappa shape index (κ3) is 5.14. The van der Waals surface area contributed by atoms with Crippen LogP contribution in [0.5, 0.6) is 0 Å². The summed E-state index contributed by atoms with van der Waals surface area (Å²) in [6, 6.07) is 11.2. The van der Waals surface area contributed by atoms with Crippen molar-refractivity contribution in [1.82, 2.24) is 9.62 Å². The van der Waals surface area contributed by atoms with E-state index in [1.165, 1.54) is 46.8 Å². The van der Waals surface area contributed by atoms with Crippen LogP contribution in [0.1, 0.15) is 24.2 Å². The van der Waals surface area contributed by atoms with Gasteiger partial charge in [-0.2, -0.15) is 4.31 Å². The zero-order valence-corrected chi connectivity index (χ0v) is 16.4. The molecule has 2 N–H and O–H groups in total. The average Bonchev–Trinajstić information content (AvgIpc) is 2.67. The quantitative estimate of drug-likeness (QED) is 0.701. The number of halogens is 1. The number of nitrogens with one attached hydrogen (secondary N) is 2. The van der Waals surface area contributed by atoms with Crippen molar-refractivity contribution in [2.75, 3.05) is 25.0 Å². The van der Waals surface area contributed by atoms with Gasteiger partial charge in [-0.05, 0) is 36.4 Å². The van der Waals surface area contributed by atoms with Crippen LogP contribution in [0.25, 0.3) is 0 Å². The van der Waals surface area contributed by atoms with Gasteiger partial charge in [-0.15, -0.1) is 0 Å². The van der Waals surface area contributed by atoms with Crippen LogP contribution in [0.3, 0.4) is 0 Å². The number of nitrogens with zero attached hydrogens (tertiary/aromatic N) is 1. The van der Waals surface area contributed by atoms with E-state index >= 15 is 0 Å². The molecule has 2 amide bonds. The molecule has 0 aliphatic heterocycles. The zero-order chi connectivity index (χ0) is 20.7. The summed E-state index contributed by atoms with van der Waals surface area (Å²) in [5.74, 6) is -1.90. The van der Waals surface area contributed by atoms with Crippen LogP contribution in [0.15, 0.2) is 53.4 Å². The van der Waals surface area contributed by atoms with Gasteiger partial charge in [0.25, 0.3) is 5.91 Å². The Morgan fingerprint density at radius 1 is 1.00 bits per heavy atom. The Morgan fingerprint density at radius 2 is 1.61 bits per heavy atom. The Labute approximate surface area is 163 Å². The maximum absolute atomic E-state index is 13.5. The number of sulfonamides is 1. The predicted molar refractivity (Wildman–Crippen MR) is 104 cm³/mol. The number of carbonyl (C=O) groups is 2. The first kappa shape index (κ1) is 21.5. The Hall–Kier alpha value is -2.78. The summed E-state index contributed by atoms with van der Waals surface area (Å²) in [4.78, 5) is 24.0. The van der Waals surface area contributed by atoms with Crippen LogP contribution in [-0.2, 0) is 14.8 Å². The summed E-state index contributed by atoms with van der Waals surface area (Å²) in [5, 5.41) is 4.88. The van der Waals surface area contributed by atoms with E-state index in [9.17, 15) is 22.4 Å². The molecule has 9 heteroatoms. The Bertz CT molecular complexity index is 942. The van der Waals surface area contributed by atoms with E-state index in [2.05, 4.69) is 10.6 Å². The Kier molecular flexibility index (Phi) is 7.24. The van der Waals surface area contributed by atoms with E-state index in [1.807, 2.05) is 0 Å². The largest absolute Gasteiger partial charge is 0.343 e. The van der Waals surface area contributed by atoms with Gasteiger partial charge in [0.15, 0.2) is 0 Å². The molecule has 7 nitrogen and oxygen atoms in total. The smallest absolute Gasteiger partial charge is 0.254 e. The third-order valence-electron chi connectivity index (χ3n) is 4.01. The van der Waals surface area contributed by atoms with Crippen LogP contribution in [0, 0.1) is 5.82 Å². The zero-order valence-electron chi connectivity index (χ0n) is 15.6.